The van der Waals surface area contributed by atoms with Crippen LogP contribution < -0.4 is 4.74 Å². The van der Waals surface area contributed by atoms with E-state index in [0.717, 1.165) is 43.2 Å². The molecule has 28 heavy (non-hydrogen) atoms. The summed E-state index contributed by atoms with van der Waals surface area (Å²) in [6.45, 7) is 3.53. The Hall–Kier alpha value is -2.86. The minimum Gasteiger partial charge on any atom is -0.456 e. The van der Waals surface area contributed by atoms with Crippen molar-refractivity contribution in [2.24, 2.45) is 0 Å². The standard InChI is InChI=1S/C22H24FN3O2/c1-24(2)22(27)15-25-10-12-26(13-11-25)19-14-17-18(23)7-5-9-21(17)28-20-8-4-3-6-16(19)20/h3-9,14H,10-13,15H2,1-2H3. The molecule has 0 atom stereocenters. The second-order valence-electron chi connectivity index (χ2n) is 7.33. The van der Waals surface area contributed by atoms with Crippen LogP contribution in [-0.4, -0.2) is 67.4 Å². The lowest BCUT2D eigenvalue weighted by Crippen LogP contribution is -2.48. The summed E-state index contributed by atoms with van der Waals surface area (Å²) in [5.41, 5.74) is 2.38. The number of fused-ring (bicyclic) bond motifs is 2. The van der Waals surface area contributed by atoms with E-state index in [9.17, 15) is 9.18 Å². The fourth-order valence-electron chi connectivity index (χ4n) is 3.59. The Bertz CT molecular complexity index is 918. The van der Waals surface area contributed by atoms with Crippen molar-refractivity contribution in [2.45, 2.75) is 0 Å². The lowest BCUT2D eigenvalue weighted by Gasteiger charge is -2.37. The van der Waals surface area contributed by atoms with E-state index in [1.165, 1.54) is 6.07 Å². The fourth-order valence-corrected chi connectivity index (χ4v) is 3.59. The highest BCUT2D eigenvalue weighted by atomic mass is 19.1. The number of carbonyl (C=O) groups excluding carboxylic acids is 1. The van der Waals surface area contributed by atoms with Crippen LogP contribution in [0.1, 0.15) is 11.1 Å². The third-order valence-electron chi connectivity index (χ3n) is 5.25. The molecule has 2 aliphatic heterocycles. The van der Waals surface area contributed by atoms with Gasteiger partial charge in [0.2, 0.25) is 5.91 Å². The SMILES string of the molecule is CN(C)C(=O)CN1CCN(C2=Cc3c(F)cccc3Oc3ccccc32)CC1. The number of likely N-dealkylation sites (N-methyl/N-ethyl adjacent to an activating group) is 1. The number of hydrogen-bond donors (Lipinski definition) is 0. The number of carbonyl (C=O) groups is 1. The predicted octanol–water partition coefficient (Wildman–Crippen LogP) is 3.14. The van der Waals surface area contributed by atoms with Crippen LogP contribution in [0.25, 0.3) is 11.8 Å². The first-order valence-electron chi connectivity index (χ1n) is 9.48. The summed E-state index contributed by atoms with van der Waals surface area (Å²) in [6, 6.07) is 12.7. The summed E-state index contributed by atoms with van der Waals surface area (Å²) >= 11 is 0. The quantitative estimate of drug-likeness (QED) is 0.819. The molecule has 0 bridgehead atoms. The van der Waals surface area contributed by atoms with Crippen LogP contribution in [0.2, 0.25) is 0 Å². The van der Waals surface area contributed by atoms with Gasteiger partial charge in [-0.1, -0.05) is 18.2 Å². The van der Waals surface area contributed by atoms with E-state index in [1.807, 2.05) is 30.3 Å². The van der Waals surface area contributed by atoms with Crippen molar-refractivity contribution in [3.8, 4) is 11.5 Å². The van der Waals surface area contributed by atoms with Crippen LogP contribution in [0.3, 0.4) is 0 Å². The summed E-state index contributed by atoms with van der Waals surface area (Å²) in [5, 5.41) is 0. The van der Waals surface area contributed by atoms with Crippen molar-refractivity contribution in [3.05, 3.63) is 59.4 Å². The van der Waals surface area contributed by atoms with Gasteiger partial charge in [0.15, 0.2) is 0 Å². The molecule has 2 aromatic carbocycles. The number of piperazine rings is 1. The zero-order valence-corrected chi connectivity index (χ0v) is 16.2. The molecular weight excluding hydrogens is 357 g/mol. The molecule has 0 unspecified atom stereocenters. The van der Waals surface area contributed by atoms with Crippen LogP contribution in [-0.2, 0) is 4.79 Å². The summed E-state index contributed by atoms with van der Waals surface area (Å²) in [4.78, 5) is 18.0. The number of para-hydroxylation sites is 1. The summed E-state index contributed by atoms with van der Waals surface area (Å²) in [7, 11) is 3.55. The number of benzene rings is 2. The smallest absolute Gasteiger partial charge is 0.236 e. The maximum Gasteiger partial charge on any atom is 0.236 e. The lowest BCUT2D eigenvalue weighted by atomic mass is 10.1. The molecule has 146 valence electrons. The van der Waals surface area contributed by atoms with Gasteiger partial charge in [-0.15, -0.1) is 0 Å². The minimum absolute atomic E-state index is 0.108. The minimum atomic E-state index is -0.293. The third kappa shape index (κ3) is 3.60. The van der Waals surface area contributed by atoms with E-state index in [0.29, 0.717) is 17.9 Å². The average Bonchev–Trinajstić information content (AvgIpc) is 2.86. The Labute approximate surface area is 164 Å². The van der Waals surface area contributed by atoms with Crippen molar-refractivity contribution < 1.29 is 13.9 Å². The molecule has 0 spiro atoms. The van der Waals surface area contributed by atoms with E-state index < -0.39 is 0 Å². The molecule has 1 fully saturated rings. The summed E-state index contributed by atoms with van der Waals surface area (Å²) < 4.78 is 20.5. The van der Waals surface area contributed by atoms with Gasteiger partial charge in [-0.25, -0.2) is 4.39 Å². The van der Waals surface area contributed by atoms with E-state index in [1.54, 1.807) is 31.1 Å². The lowest BCUT2D eigenvalue weighted by molar-refractivity contribution is -0.130. The van der Waals surface area contributed by atoms with Crippen molar-refractivity contribution in [1.29, 1.82) is 0 Å². The van der Waals surface area contributed by atoms with Crippen LogP contribution in [0.5, 0.6) is 11.5 Å². The van der Waals surface area contributed by atoms with E-state index in [2.05, 4.69) is 9.80 Å². The first-order valence-corrected chi connectivity index (χ1v) is 9.48. The van der Waals surface area contributed by atoms with Gasteiger partial charge in [-0.05, 0) is 30.3 Å². The maximum atomic E-state index is 14.5. The van der Waals surface area contributed by atoms with Crippen molar-refractivity contribution in [3.63, 3.8) is 0 Å². The first-order chi connectivity index (χ1) is 13.5. The van der Waals surface area contributed by atoms with Gasteiger partial charge < -0.3 is 14.5 Å². The van der Waals surface area contributed by atoms with Crippen LogP contribution in [0.15, 0.2) is 42.5 Å². The maximum absolute atomic E-state index is 14.5. The molecule has 0 aromatic heterocycles. The van der Waals surface area contributed by atoms with Crippen LogP contribution in [0.4, 0.5) is 4.39 Å². The van der Waals surface area contributed by atoms with Gasteiger partial charge in [-0.2, -0.15) is 0 Å². The molecule has 4 rings (SSSR count). The van der Waals surface area contributed by atoms with Gasteiger partial charge in [0, 0.05) is 51.5 Å². The van der Waals surface area contributed by atoms with E-state index in [4.69, 9.17) is 4.74 Å². The molecule has 1 saturated heterocycles. The van der Waals surface area contributed by atoms with Crippen LogP contribution >= 0.6 is 0 Å². The highest BCUT2D eigenvalue weighted by Gasteiger charge is 2.26. The molecule has 0 N–H and O–H groups in total. The third-order valence-corrected chi connectivity index (χ3v) is 5.25. The Balaban J connectivity index is 1.61. The molecule has 2 aromatic rings. The van der Waals surface area contributed by atoms with Crippen molar-refractivity contribution >= 4 is 17.7 Å². The second-order valence-corrected chi connectivity index (χ2v) is 7.33. The molecule has 0 aliphatic carbocycles. The highest BCUT2D eigenvalue weighted by molar-refractivity contribution is 5.86. The fraction of sp³-hybridized carbons (Fsp3) is 0.318. The topological polar surface area (TPSA) is 36.0 Å². The molecule has 5 nitrogen and oxygen atoms in total. The largest absolute Gasteiger partial charge is 0.456 e. The highest BCUT2D eigenvalue weighted by Crippen LogP contribution is 2.40. The second kappa shape index (κ2) is 7.64. The Morgan fingerprint density at radius 1 is 1.04 bits per heavy atom. The Morgan fingerprint density at radius 2 is 1.75 bits per heavy atom. The van der Waals surface area contributed by atoms with Crippen LogP contribution in [0, 0.1) is 5.82 Å². The molecule has 6 heteroatoms. The number of rotatable bonds is 3. The molecule has 1 amide bonds. The van der Waals surface area contributed by atoms with Gasteiger partial charge >= 0.3 is 0 Å². The number of hydrogen-bond acceptors (Lipinski definition) is 4. The zero-order chi connectivity index (χ0) is 19.7. The van der Waals surface area contributed by atoms with E-state index in [-0.39, 0.29) is 11.7 Å². The van der Waals surface area contributed by atoms with Gasteiger partial charge in [0.25, 0.3) is 0 Å². The van der Waals surface area contributed by atoms with Crippen molar-refractivity contribution in [1.82, 2.24) is 14.7 Å². The summed E-state index contributed by atoms with van der Waals surface area (Å²) in [5.74, 6) is 1.07. The number of ether oxygens (including phenoxy) is 1. The van der Waals surface area contributed by atoms with E-state index >= 15 is 0 Å². The number of nitrogens with zero attached hydrogens (tertiary/aromatic N) is 3. The van der Waals surface area contributed by atoms with Gasteiger partial charge in [-0.3, -0.25) is 9.69 Å². The molecule has 0 saturated carbocycles. The molecule has 0 radical (unpaired) electrons. The molecule has 2 heterocycles. The normalized spacial score (nSPS) is 16.4. The molecular formula is C22H24FN3O2. The van der Waals surface area contributed by atoms with Gasteiger partial charge in [0.05, 0.1) is 12.1 Å². The number of amides is 1. The average molecular weight is 381 g/mol. The summed E-state index contributed by atoms with van der Waals surface area (Å²) in [6.07, 6.45) is 1.89. The predicted molar refractivity (Wildman–Crippen MR) is 107 cm³/mol. The Kier molecular flexibility index (Phi) is 5.05. The number of halogens is 1. The van der Waals surface area contributed by atoms with Crippen molar-refractivity contribution in [2.75, 3.05) is 46.8 Å². The van der Waals surface area contributed by atoms with Gasteiger partial charge in [0.1, 0.15) is 17.3 Å². The Morgan fingerprint density at radius 3 is 2.50 bits per heavy atom. The molecule has 2 aliphatic rings. The first kappa shape index (κ1) is 18.5. The zero-order valence-electron chi connectivity index (χ0n) is 16.2. The monoisotopic (exact) mass is 381 g/mol.